The zero-order chi connectivity index (χ0) is 17.8. The van der Waals surface area contributed by atoms with Crippen LogP contribution in [0.5, 0.6) is 11.5 Å². The van der Waals surface area contributed by atoms with Crippen LogP contribution in [0, 0.1) is 10.1 Å². The van der Waals surface area contributed by atoms with Gasteiger partial charge in [-0.2, -0.15) is 0 Å². The van der Waals surface area contributed by atoms with Gasteiger partial charge in [-0.15, -0.1) is 0 Å². The van der Waals surface area contributed by atoms with Crippen LogP contribution in [0.4, 0.5) is 23.0 Å². The highest BCUT2D eigenvalue weighted by molar-refractivity contribution is 5.75. The Balaban J connectivity index is 1.91. The quantitative estimate of drug-likeness (QED) is 0.603. The molecule has 2 heterocycles. The number of unbranched alkanes of at least 4 members (excludes halogenated alkanes) is 1. The van der Waals surface area contributed by atoms with Gasteiger partial charge in [-0.1, -0.05) is 13.3 Å². The maximum atomic E-state index is 11.6. The third kappa shape index (κ3) is 3.54. The maximum Gasteiger partial charge on any atom is 0.353 e. The van der Waals surface area contributed by atoms with E-state index in [9.17, 15) is 10.1 Å². The molecule has 1 aromatic carbocycles. The standard InChI is InChI=1S/C16H19N5O4/c1-3-4-7-20(2)16-14(21(22)23)15(17-9-18-16)19-11-5-6-12-13(8-11)25-10-24-12/h5-6,8-9H,3-4,7,10H2,1-2H3,(H,17,18,19). The molecule has 0 radical (unpaired) electrons. The van der Waals surface area contributed by atoms with Crippen LogP contribution in [-0.4, -0.2) is 35.3 Å². The number of nitro groups is 1. The second-order valence-corrected chi connectivity index (χ2v) is 5.62. The van der Waals surface area contributed by atoms with E-state index in [0.29, 0.717) is 23.7 Å². The third-order valence-electron chi connectivity index (χ3n) is 3.83. The average molecular weight is 345 g/mol. The highest BCUT2D eigenvalue weighted by Gasteiger charge is 2.26. The predicted octanol–water partition coefficient (Wildman–Crippen LogP) is 3.09. The Hall–Kier alpha value is -3.10. The molecule has 0 unspecified atom stereocenters. The zero-order valence-corrected chi connectivity index (χ0v) is 14.1. The fourth-order valence-corrected chi connectivity index (χ4v) is 2.52. The van der Waals surface area contributed by atoms with Crippen LogP contribution in [0.25, 0.3) is 0 Å². The van der Waals surface area contributed by atoms with Gasteiger partial charge >= 0.3 is 5.69 Å². The van der Waals surface area contributed by atoms with Crippen molar-refractivity contribution in [3.05, 3.63) is 34.6 Å². The summed E-state index contributed by atoms with van der Waals surface area (Å²) in [5.41, 5.74) is 0.465. The molecule has 132 valence electrons. The first-order chi connectivity index (χ1) is 12.1. The lowest BCUT2D eigenvalue weighted by Gasteiger charge is -2.18. The van der Waals surface area contributed by atoms with Gasteiger partial charge in [0.2, 0.25) is 18.4 Å². The molecule has 1 N–H and O–H groups in total. The Morgan fingerprint density at radius 2 is 2.12 bits per heavy atom. The van der Waals surface area contributed by atoms with Crippen molar-refractivity contribution in [2.75, 3.05) is 30.6 Å². The van der Waals surface area contributed by atoms with E-state index in [2.05, 4.69) is 22.2 Å². The lowest BCUT2D eigenvalue weighted by molar-refractivity contribution is -0.383. The molecule has 9 nitrogen and oxygen atoms in total. The molecular formula is C16H19N5O4. The van der Waals surface area contributed by atoms with Crippen LogP contribution in [0.3, 0.4) is 0 Å². The molecule has 0 bridgehead atoms. The maximum absolute atomic E-state index is 11.6. The normalized spacial score (nSPS) is 12.1. The minimum atomic E-state index is -0.465. The van der Waals surface area contributed by atoms with Crippen LogP contribution < -0.4 is 19.7 Å². The first-order valence-electron chi connectivity index (χ1n) is 7.97. The van der Waals surface area contributed by atoms with Gasteiger partial charge in [-0.25, -0.2) is 9.97 Å². The van der Waals surface area contributed by atoms with Gasteiger partial charge in [0, 0.05) is 25.3 Å². The smallest absolute Gasteiger partial charge is 0.353 e. The van der Waals surface area contributed by atoms with E-state index in [1.165, 1.54) is 6.33 Å². The molecule has 1 aromatic heterocycles. The molecule has 25 heavy (non-hydrogen) atoms. The van der Waals surface area contributed by atoms with Crippen molar-refractivity contribution in [3.63, 3.8) is 0 Å². The molecule has 0 saturated heterocycles. The van der Waals surface area contributed by atoms with Crippen LogP contribution in [0.15, 0.2) is 24.5 Å². The van der Waals surface area contributed by atoms with Gasteiger partial charge in [-0.05, 0) is 18.6 Å². The predicted molar refractivity (Wildman–Crippen MR) is 92.7 cm³/mol. The number of fused-ring (bicyclic) bond motifs is 1. The summed E-state index contributed by atoms with van der Waals surface area (Å²) in [6.07, 6.45) is 3.23. The SMILES string of the molecule is CCCCN(C)c1ncnc(Nc2ccc3c(c2)OCO3)c1[N+](=O)[O-]. The van der Waals surface area contributed by atoms with Gasteiger partial charge in [0.25, 0.3) is 0 Å². The number of hydrogen-bond acceptors (Lipinski definition) is 8. The summed E-state index contributed by atoms with van der Waals surface area (Å²) in [5.74, 6) is 1.65. The highest BCUT2D eigenvalue weighted by Crippen LogP contribution is 2.37. The van der Waals surface area contributed by atoms with Crippen molar-refractivity contribution in [1.29, 1.82) is 0 Å². The molecule has 0 fully saturated rings. The van der Waals surface area contributed by atoms with E-state index in [0.717, 1.165) is 12.8 Å². The Morgan fingerprint density at radius 1 is 1.32 bits per heavy atom. The number of rotatable bonds is 7. The summed E-state index contributed by atoms with van der Waals surface area (Å²) in [7, 11) is 1.79. The number of anilines is 3. The lowest BCUT2D eigenvalue weighted by atomic mass is 10.2. The molecule has 2 aromatic rings. The summed E-state index contributed by atoms with van der Waals surface area (Å²) < 4.78 is 10.6. The first-order valence-corrected chi connectivity index (χ1v) is 7.97. The second kappa shape index (κ2) is 7.20. The van der Waals surface area contributed by atoms with Gasteiger partial charge in [0.1, 0.15) is 6.33 Å². The van der Waals surface area contributed by atoms with Gasteiger partial charge in [-0.3, -0.25) is 10.1 Å². The number of ether oxygens (including phenoxy) is 2. The summed E-state index contributed by atoms with van der Waals surface area (Å²) in [5, 5.41) is 14.6. The fraction of sp³-hybridized carbons (Fsp3) is 0.375. The summed E-state index contributed by atoms with van der Waals surface area (Å²) in [6, 6.07) is 5.21. The van der Waals surface area contributed by atoms with Crippen molar-refractivity contribution < 1.29 is 14.4 Å². The third-order valence-corrected chi connectivity index (χ3v) is 3.83. The van der Waals surface area contributed by atoms with E-state index in [1.54, 1.807) is 30.1 Å². The molecule has 9 heteroatoms. The number of aromatic nitrogens is 2. The van der Waals surface area contributed by atoms with Crippen molar-refractivity contribution in [2.45, 2.75) is 19.8 Å². The van der Waals surface area contributed by atoms with E-state index >= 15 is 0 Å². The largest absolute Gasteiger partial charge is 0.454 e. The van der Waals surface area contributed by atoms with Crippen molar-refractivity contribution in [2.24, 2.45) is 0 Å². The minimum absolute atomic E-state index is 0.136. The topological polar surface area (TPSA) is 103 Å². The number of benzene rings is 1. The monoisotopic (exact) mass is 345 g/mol. The molecule has 0 aliphatic carbocycles. The molecule has 3 rings (SSSR count). The zero-order valence-electron chi connectivity index (χ0n) is 14.1. The van der Waals surface area contributed by atoms with Gasteiger partial charge in [0.15, 0.2) is 11.5 Å². The fourth-order valence-electron chi connectivity index (χ4n) is 2.52. The van der Waals surface area contributed by atoms with Gasteiger partial charge < -0.3 is 19.7 Å². The van der Waals surface area contributed by atoms with Crippen molar-refractivity contribution in [3.8, 4) is 11.5 Å². The summed E-state index contributed by atoms with van der Waals surface area (Å²) in [6.45, 7) is 2.91. The van der Waals surface area contributed by atoms with Crippen LogP contribution in [-0.2, 0) is 0 Å². The van der Waals surface area contributed by atoms with Crippen LogP contribution in [0.2, 0.25) is 0 Å². The molecule has 0 spiro atoms. The summed E-state index contributed by atoms with van der Waals surface area (Å²) >= 11 is 0. The Labute approximate surface area is 144 Å². The van der Waals surface area contributed by atoms with Gasteiger partial charge in [0.05, 0.1) is 4.92 Å². The number of hydrogen-bond donors (Lipinski definition) is 1. The Kier molecular flexibility index (Phi) is 4.82. The van der Waals surface area contributed by atoms with E-state index < -0.39 is 4.92 Å². The molecule has 0 saturated carbocycles. The minimum Gasteiger partial charge on any atom is -0.454 e. The molecule has 0 amide bonds. The van der Waals surface area contributed by atoms with Crippen LogP contribution in [0.1, 0.15) is 19.8 Å². The van der Waals surface area contributed by atoms with Crippen LogP contribution >= 0.6 is 0 Å². The Morgan fingerprint density at radius 3 is 2.88 bits per heavy atom. The van der Waals surface area contributed by atoms with E-state index in [4.69, 9.17) is 9.47 Å². The van der Waals surface area contributed by atoms with E-state index in [1.807, 2.05) is 0 Å². The van der Waals surface area contributed by atoms with E-state index in [-0.39, 0.29) is 24.1 Å². The summed E-state index contributed by atoms with van der Waals surface area (Å²) in [4.78, 5) is 21.1. The first kappa shape index (κ1) is 16.7. The molecule has 1 aliphatic heterocycles. The Bertz CT molecular complexity index is 783. The second-order valence-electron chi connectivity index (χ2n) is 5.62. The number of nitrogens with one attached hydrogen (secondary N) is 1. The molecule has 1 aliphatic rings. The lowest BCUT2D eigenvalue weighted by Crippen LogP contribution is -2.21. The number of nitrogens with zero attached hydrogens (tertiary/aromatic N) is 4. The molecule has 0 atom stereocenters. The average Bonchev–Trinajstić information content (AvgIpc) is 3.07. The van der Waals surface area contributed by atoms with Crippen molar-refractivity contribution in [1.82, 2.24) is 9.97 Å². The van der Waals surface area contributed by atoms with Crippen molar-refractivity contribution >= 4 is 23.0 Å². The highest BCUT2D eigenvalue weighted by atomic mass is 16.7. The molecular weight excluding hydrogens is 326 g/mol.